The molecule has 5 heteroatoms. The molecule has 1 fully saturated rings. The second kappa shape index (κ2) is 4.53. The van der Waals surface area contributed by atoms with Crippen LogP contribution in [0, 0.1) is 16.7 Å². The fraction of sp³-hybridized carbons (Fsp3) is 0.833. The summed E-state index contributed by atoms with van der Waals surface area (Å²) in [7, 11) is 0. The van der Waals surface area contributed by atoms with Crippen molar-refractivity contribution in [1.82, 2.24) is 4.90 Å². The summed E-state index contributed by atoms with van der Waals surface area (Å²) >= 11 is 0. The summed E-state index contributed by atoms with van der Waals surface area (Å²) in [5.41, 5.74) is -1.31. The van der Waals surface area contributed by atoms with Crippen LogP contribution in [0.3, 0.4) is 0 Å². The Balaban J connectivity index is 2.62. The molecule has 1 saturated heterocycles. The number of likely N-dealkylation sites (tertiary alicyclic amines) is 1. The Labute approximate surface area is 102 Å². The molecule has 1 heterocycles. The predicted octanol–water partition coefficient (Wildman–Crippen LogP) is 1.52. The molecule has 1 rings (SSSR count). The van der Waals surface area contributed by atoms with Gasteiger partial charge < -0.3 is 14.7 Å². The molecule has 17 heavy (non-hydrogen) atoms. The Bertz CT molecular complexity index is 343. The molecule has 1 aliphatic heterocycles. The average Bonchev–Trinajstić information content (AvgIpc) is 2.19. The van der Waals surface area contributed by atoms with Gasteiger partial charge in [0.15, 0.2) is 0 Å². The summed E-state index contributed by atoms with van der Waals surface area (Å²) in [6.07, 6.45) is -0.797. The van der Waals surface area contributed by atoms with E-state index in [1.54, 1.807) is 27.7 Å². The van der Waals surface area contributed by atoms with Crippen molar-refractivity contribution in [3.63, 3.8) is 0 Å². The number of rotatable bonds is 0. The minimum absolute atomic E-state index is 0.152. The highest BCUT2D eigenvalue weighted by Crippen LogP contribution is 2.30. The van der Waals surface area contributed by atoms with Gasteiger partial charge in [-0.1, -0.05) is 0 Å². The number of nitrogens with zero attached hydrogens (tertiary/aromatic N) is 2. The van der Waals surface area contributed by atoms with Crippen LogP contribution in [0.5, 0.6) is 0 Å². The molecule has 1 N–H and O–H groups in total. The van der Waals surface area contributed by atoms with Crippen LogP contribution >= 0.6 is 0 Å². The van der Waals surface area contributed by atoms with Crippen LogP contribution in [0.25, 0.3) is 0 Å². The number of aliphatic hydroxyl groups is 1. The third-order valence-electron chi connectivity index (χ3n) is 2.94. The van der Waals surface area contributed by atoms with Gasteiger partial charge >= 0.3 is 6.09 Å². The zero-order chi connectivity index (χ0) is 13.3. The monoisotopic (exact) mass is 240 g/mol. The molecule has 1 aliphatic rings. The smallest absolute Gasteiger partial charge is 0.410 e. The third kappa shape index (κ3) is 3.34. The molecule has 0 aromatic carbocycles. The Morgan fingerprint density at radius 2 is 2.18 bits per heavy atom. The van der Waals surface area contributed by atoms with E-state index in [2.05, 4.69) is 6.07 Å². The number of carbonyl (C=O) groups is 1. The largest absolute Gasteiger partial charge is 0.444 e. The molecule has 0 spiro atoms. The first-order valence-electron chi connectivity index (χ1n) is 5.75. The van der Waals surface area contributed by atoms with E-state index in [4.69, 9.17) is 10.00 Å². The normalized spacial score (nSPS) is 29.6. The van der Waals surface area contributed by atoms with Crippen LogP contribution in [0.1, 0.15) is 34.1 Å². The number of ether oxygens (including phenoxy) is 1. The first-order chi connectivity index (χ1) is 7.68. The molecule has 1 amide bonds. The lowest BCUT2D eigenvalue weighted by atomic mass is 9.79. The van der Waals surface area contributed by atoms with Crippen LogP contribution in [-0.2, 0) is 4.74 Å². The maximum Gasteiger partial charge on any atom is 0.410 e. The van der Waals surface area contributed by atoms with Crippen molar-refractivity contribution in [2.45, 2.75) is 45.8 Å². The zero-order valence-corrected chi connectivity index (χ0v) is 10.9. The fourth-order valence-corrected chi connectivity index (χ4v) is 1.66. The SMILES string of the molecule is CC(C)(C)OC(=O)N1CCC(C)(C#N)C(O)C1. The van der Waals surface area contributed by atoms with Gasteiger partial charge in [-0.25, -0.2) is 4.79 Å². The van der Waals surface area contributed by atoms with E-state index in [1.807, 2.05) is 0 Å². The highest BCUT2D eigenvalue weighted by molar-refractivity contribution is 5.68. The van der Waals surface area contributed by atoms with Gasteiger partial charge in [0.2, 0.25) is 0 Å². The minimum Gasteiger partial charge on any atom is -0.444 e. The lowest BCUT2D eigenvalue weighted by Gasteiger charge is -2.39. The predicted molar refractivity (Wildman–Crippen MR) is 62.2 cm³/mol. The molecule has 2 unspecified atom stereocenters. The van der Waals surface area contributed by atoms with Crippen molar-refractivity contribution in [1.29, 1.82) is 5.26 Å². The number of hydrogen-bond acceptors (Lipinski definition) is 4. The molecule has 0 radical (unpaired) electrons. The van der Waals surface area contributed by atoms with Crippen molar-refractivity contribution in [2.24, 2.45) is 5.41 Å². The van der Waals surface area contributed by atoms with Gasteiger partial charge in [0.1, 0.15) is 5.60 Å². The maximum absolute atomic E-state index is 11.8. The van der Waals surface area contributed by atoms with Crippen molar-refractivity contribution in [3.8, 4) is 6.07 Å². The summed E-state index contributed by atoms with van der Waals surface area (Å²) in [6, 6.07) is 2.11. The van der Waals surface area contributed by atoms with Crippen molar-refractivity contribution >= 4 is 6.09 Å². The number of amides is 1. The average molecular weight is 240 g/mol. The van der Waals surface area contributed by atoms with Crippen LogP contribution in [0.4, 0.5) is 4.79 Å². The number of β-amino-alcohol motifs (C(OH)–C–C–N with tert-alkyl or cyclic N) is 1. The van der Waals surface area contributed by atoms with E-state index in [0.717, 1.165) is 0 Å². The first-order valence-corrected chi connectivity index (χ1v) is 5.75. The zero-order valence-electron chi connectivity index (χ0n) is 10.9. The van der Waals surface area contributed by atoms with E-state index in [9.17, 15) is 9.90 Å². The molecule has 0 bridgehead atoms. The summed E-state index contributed by atoms with van der Waals surface area (Å²) in [6.45, 7) is 7.69. The summed E-state index contributed by atoms with van der Waals surface area (Å²) in [5.74, 6) is 0. The quantitative estimate of drug-likeness (QED) is 0.696. The number of nitriles is 1. The van der Waals surface area contributed by atoms with E-state index >= 15 is 0 Å². The second-order valence-electron chi connectivity index (χ2n) is 5.72. The number of piperidine rings is 1. The van der Waals surface area contributed by atoms with Gasteiger partial charge in [-0.05, 0) is 34.1 Å². The van der Waals surface area contributed by atoms with Crippen LogP contribution in [0.15, 0.2) is 0 Å². The van der Waals surface area contributed by atoms with Gasteiger partial charge in [-0.3, -0.25) is 0 Å². The van der Waals surface area contributed by atoms with E-state index in [1.165, 1.54) is 4.90 Å². The lowest BCUT2D eigenvalue weighted by Crippen LogP contribution is -2.52. The summed E-state index contributed by atoms with van der Waals surface area (Å²) < 4.78 is 5.22. The molecule has 0 aromatic rings. The Kier molecular flexibility index (Phi) is 3.68. The van der Waals surface area contributed by atoms with Gasteiger partial charge in [-0.15, -0.1) is 0 Å². The standard InChI is InChI=1S/C12H20N2O3/c1-11(2,3)17-10(16)14-6-5-12(4,8-13)9(15)7-14/h9,15H,5-7H2,1-4H3. The fourth-order valence-electron chi connectivity index (χ4n) is 1.66. The van der Waals surface area contributed by atoms with Gasteiger partial charge in [0.25, 0.3) is 0 Å². The Hall–Kier alpha value is -1.28. The highest BCUT2D eigenvalue weighted by atomic mass is 16.6. The van der Waals surface area contributed by atoms with Crippen LogP contribution in [0.2, 0.25) is 0 Å². The molecular weight excluding hydrogens is 220 g/mol. The van der Waals surface area contributed by atoms with Gasteiger partial charge in [-0.2, -0.15) is 5.26 Å². The Morgan fingerprint density at radius 1 is 1.59 bits per heavy atom. The van der Waals surface area contributed by atoms with Crippen molar-refractivity contribution < 1.29 is 14.6 Å². The van der Waals surface area contributed by atoms with Crippen LogP contribution < -0.4 is 0 Å². The maximum atomic E-state index is 11.8. The molecule has 2 atom stereocenters. The molecule has 96 valence electrons. The topological polar surface area (TPSA) is 73.6 Å². The summed E-state index contributed by atoms with van der Waals surface area (Å²) in [5, 5.41) is 18.9. The lowest BCUT2D eigenvalue weighted by molar-refractivity contribution is -0.0264. The minimum atomic E-state index is -0.825. The molecule has 5 nitrogen and oxygen atoms in total. The van der Waals surface area contributed by atoms with Gasteiger partial charge in [0, 0.05) is 6.54 Å². The van der Waals surface area contributed by atoms with E-state index in [-0.39, 0.29) is 6.54 Å². The number of aliphatic hydroxyl groups excluding tert-OH is 1. The third-order valence-corrected chi connectivity index (χ3v) is 2.94. The second-order valence-corrected chi connectivity index (χ2v) is 5.72. The summed E-state index contributed by atoms with van der Waals surface area (Å²) in [4.78, 5) is 13.2. The molecule has 0 aromatic heterocycles. The van der Waals surface area contributed by atoms with Gasteiger partial charge in [0.05, 0.1) is 24.1 Å². The first kappa shape index (κ1) is 13.8. The number of carbonyl (C=O) groups excluding carboxylic acids is 1. The highest BCUT2D eigenvalue weighted by Gasteiger charge is 2.40. The van der Waals surface area contributed by atoms with E-state index < -0.39 is 23.2 Å². The Morgan fingerprint density at radius 3 is 2.59 bits per heavy atom. The van der Waals surface area contributed by atoms with Crippen LogP contribution in [-0.4, -0.2) is 40.9 Å². The van der Waals surface area contributed by atoms with Crippen molar-refractivity contribution in [3.05, 3.63) is 0 Å². The number of hydrogen-bond donors (Lipinski definition) is 1. The van der Waals surface area contributed by atoms with Crippen molar-refractivity contribution in [2.75, 3.05) is 13.1 Å². The molecular formula is C12H20N2O3. The van der Waals surface area contributed by atoms with E-state index in [0.29, 0.717) is 13.0 Å². The molecule has 0 saturated carbocycles. The molecule has 0 aliphatic carbocycles.